The van der Waals surface area contributed by atoms with E-state index in [0.29, 0.717) is 162 Å². The Bertz CT molecular complexity index is 1650. The Morgan fingerprint density at radius 1 is 0.606 bits per heavy atom. The molecule has 1 aliphatic rings. The molecule has 23 nitrogen and oxygen atoms in total. The van der Waals surface area contributed by atoms with Crippen LogP contribution in [-0.4, -0.2) is 257 Å². The fourth-order valence-electron chi connectivity index (χ4n) is 6.83. The minimum absolute atomic E-state index is 0.0506. The Morgan fingerprint density at radius 2 is 1.04 bits per heavy atom. The smallest absolute Gasteiger partial charge is 0.317 e. The summed E-state index contributed by atoms with van der Waals surface area (Å²) in [5, 5.41) is 35.2. The molecule has 1 heterocycles. The summed E-state index contributed by atoms with van der Waals surface area (Å²) < 4.78 is 44.2. The van der Waals surface area contributed by atoms with Gasteiger partial charge in [-0.2, -0.15) is 0 Å². The lowest BCUT2D eigenvalue weighted by Gasteiger charge is -2.33. The zero-order valence-electron chi connectivity index (χ0n) is 40.9. The highest BCUT2D eigenvalue weighted by Crippen LogP contribution is 2.16. The van der Waals surface area contributed by atoms with E-state index >= 15 is 0 Å². The molecule has 1 aliphatic heterocycles. The predicted molar refractivity (Wildman–Crippen MR) is 272 cm³/mol. The number of ketones is 1. The summed E-state index contributed by atoms with van der Waals surface area (Å²) in [6.07, 6.45) is 1.31. The summed E-state index contributed by atoms with van der Waals surface area (Å²) in [7, 11) is 0. The highest BCUT2D eigenvalue weighted by Gasteiger charge is 2.28. The standard InChI is InChI=1S/C46H75IN6O17S/c1-37(54)7-16-63-20-24-67-28-30-69-26-22-65-18-14-52(15-19-66-23-27-70-31-29-68-25-21-64-17-8-41(47)55)42(56)6-9-48-46(71)49-39-4-2-38(3-5-39)32-40-33-51(35-44(59)60)11-10-50(34-43(57)58)12-13-53(40)36-45(61)62/h2-5,40H,6-36H2,1H3,(H,57,58)(H,59,60)(H,61,62)(H2,48,49,71). The molecule has 0 saturated carbocycles. The van der Waals surface area contributed by atoms with E-state index < -0.39 is 17.9 Å². The van der Waals surface area contributed by atoms with Crippen LogP contribution in [0.5, 0.6) is 0 Å². The first kappa shape index (κ1) is 63.5. The van der Waals surface area contributed by atoms with E-state index in [-0.39, 0.29) is 73.9 Å². The van der Waals surface area contributed by atoms with Gasteiger partial charge in [0.25, 0.3) is 0 Å². The number of rotatable bonds is 42. The molecule has 1 unspecified atom stereocenters. The molecule has 1 aromatic rings. The first-order valence-electron chi connectivity index (χ1n) is 23.8. The van der Waals surface area contributed by atoms with Gasteiger partial charge in [-0.1, -0.05) is 12.1 Å². The number of nitrogens with zero attached hydrogens (tertiary/aromatic N) is 4. The van der Waals surface area contributed by atoms with Gasteiger partial charge in [-0.25, -0.2) is 0 Å². The zero-order chi connectivity index (χ0) is 51.9. The van der Waals surface area contributed by atoms with Crippen molar-refractivity contribution in [3.63, 3.8) is 0 Å². The van der Waals surface area contributed by atoms with Crippen LogP contribution in [0, 0.1) is 0 Å². The molecule has 5 N–H and O–H groups in total. The Hall–Kier alpha value is -3.58. The van der Waals surface area contributed by atoms with Gasteiger partial charge in [0.05, 0.1) is 125 Å². The number of halogens is 1. The van der Waals surface area contributed by atoms with Gasteiger partial charge in [0.15, 0.2) is 8.90 Å². The Kier molecular flexibility index (Phi) is 36.6. The van der Waals surface area contributed by atoms with Crippen molar-refractivity contribution in [2.45, 2.75) is 38.6 Å². The molecule has 0 aliphatic carbocycles. The molecule has 2 rings (SSSR count). The van der Waals surface area contributed by atoms with Gasteiger partial charge in [0.2, 0.25) is 5.91 Å². The summed E-state index contributed by atoms with van der Waals surface area (Å²) in [6.45, 7) is 8.96. The predicted octanol–water partition coefficient (Wildman–Crippen LogP) is 0.740. The molecular formula is C46H75IN6O17S. The van der Waals surface area contributed by atoms with Crippen molar-refractivity contribution < 1.29 is 82.0 Å². The van der Waals surface area contributed by atoms with E-state index in [9.17, 15) is 44.1 Å². The van der Waals surface area contributed by atoms with Crippen molar-refractivity contribution in [1.29, 1.82) is 0 Å². The molecule has 0 aromatic heterocycles. The molecule has 0 bridgehead atoms. The van der Waals surface area contributed by atoms with Crippen LogP contribution < -0.4 is 10.6 Å². The van der Waals surface area contributed by atoms with E-state index in [0.717, 1.165) is 5.56 Å². The molecule has 0 radical (unpaired) electrons. The van der Waals surface area contributed by atoms with Crippen molar-refractivity contribution in [1.82, 2.24) is 24.9 Å². The Morgan fingerprint density at radius 3 is 1.52 bits per heavy atom. The van der Waals surface area contributed by atoms with Gasteiger partial charge >= 0.3 is 17.9 Å². The van der Waals surface area contributed by atoms with Gasteiger partial charge in [-0.15, -0.1) is 0 Å². The van der Waals surface area contributed by atoms with Crippen LogP contribution in [0.4, 0.5) is 5.69 Å². The van der Waals surface area contributed by atoms with Crippen LogP contribution in [0.3, 0.4) is 0 Å². The molecule has 1 fully saturated rings. The molecule has 1 aromatic carbocycles. The minimum Gasteiger partial charge on any atom is -0.480 e. The maximum absolute atomic E-state index is 13.4. The second kappa shape index (κ2) is 40.8. The molecule has 1 atom stereocenters. The number of carbonyl (C=O) groups is 6. The van der Waals surface area contributed by atoms with E-state index in [1.54, 1.807) is 42.2 Å². The van der Waals surface area contributed by atoms with Crippen molar-refractivity contribution >= 4 is 79.0 Å². The average molecular weight is 1140 g/mol. The number of nitrogens with one attached hydrogen (secondary N) is 2. The largest absolute Gasteiger partial charge is 0.480 e. The first-order chi connectivity index (χ1) is 34.2. The third-order valence-corrected chi connectivity index (χ3v) is 11.2. The summed E-state index contributed by atoms with van der Waals surface area (Å²) in [4.78, 5) is 77.2. The monoisotopic (exact) mass is 1140 g/mol. The third kappa shape index (κ3) is 35.3. The lowest BCUT2D eigenvalue weighted by Crippen LogP contribution is -2.49. The Balaban J connectivity index is 1.84. The lowest BCUT2D eigenvalue weighted by atomic mass is 10.0. The number of hydrogen-bond donors (Lipinski definition) is 5. The normalized spacial score (nSPS) is 14.8. The second-order valence-electron chi connectivity index (χ2n) is 16.2. The summed E-state index contributed by atoms with van der Waals surface area (Å²) in [5.74, 6) is -3.15. The van der Waals surface area contributed by atoms with Crippen molar-refractivity contribution in [2.75, 3.05) is 183 Å². The second-order valence-corrected chi connectivity index (χ2v) is 17.8. The van der Waals surface area contributed by atoms with E-state index in [1.165, 1.54) is 6.92 Å². The van der Waals surface area contributed by atoms with Crippen LogP contribution in [0.2, 0.25) is 0 Å². The minimum atomic E-state index is -1.04. The number of benzene rings is 1. The van der Waals surface area contributed by atoms with Gasteiger partial charge < -0.3 is 68.7 Å². The summed E-state index contributed by atoms with van der Waals surface area (Å²) in [5.41, 5.74) is 1.55. The van der Waals surface area contributed by atoms with Gasteiger partial charge in [0, 0.05) is 83.3 Å². The van der Waals surface area contributed by atoms with Crippen LogP contribution in [0.1, 0.15) is 31.7 Å². The zero-order valence-corrected chi connectivity index (χ0v) is 43.9. The van der Waals surface area contributed by atoms with Gasteiger partial charge in [-0.3, -0.25) is 43.5 Å². The van der Waals surface area contributed by atoms with Crippen LogP contribution in [0.15, 0.2) is 24.3 Å². The number of thiocarbonyl (C=S) groups is 1. The fraction of sp³-hybridized carbons (Fsp3) is 0.717. The van der Waals surface area contributed by atoms with Crippen molar-refractivity contribution in [3.8, 4) is 0 Å². The van der Waals surface area contributed by atoms with Crippen LogP contribution >= 0.6 is 34.8 Å². The Labute approximate surface area is 435 Å². The number of aliphatic carboxylic acids is 3. The number of carboxylic acids is 3. The topological polar surface area (TPSA) is 274 Å². The van der Waals surface area contributed by atoms with E-state index in [2.05, 4.69) is 10.6 Å². The average Bonchev–Trinajstić information content (AvgIpc) is 3.37. The molecular weight excluding hydrogens is 1070 g/mol. The molecule has 71 heavy (non-hydrogen) atoms. The number of Topliss-reactive ketones (excluding diaryl/α,β-unsaturated/α-hetero) is 1. The number of ether oxygens (including phenoxy) is 8. The van der Waals surface area contributed by atoms with Crippen LogP contribution in [-0.2, 0) is 73.1 Å². The van der Waals surface area contributed by atoms with Gasteiger partial charge in [0.1, 0.15) is 5.78 Å². The van der Waals surface area contributed by atoms with Gasteiger partial charge in [-0.05, 0) is 65.8 Å². The number of carboxylic acid groups (broad SMARTS) is 3. The summed E-state index contributed by atoms with van der Waals surface area (Å²) >= 11 is 7.26. The number of anilines is 1. The molecule has 1 saturated heterocycles. The fourth-order valence-corrected chi connectivity index (χ4v) is 7.27. The first-order valence-corrected chi connectivity index (χ1v) is 25.3. The van der Waals surface area contributed by atoms with Crippen molar-refractivity contribution in [2.24, 2.45) is 0 Å². The number of carbonyl (C=O) groups excluding carboxylic acids is 3. The summed E-state index contributed by atoms with van der Waals surface area (Å²) in [6, 6.07) is 7.03. The number of hydrogen-bond acceptors (Lipinski definition) is 18. The molecule has 25 heteroatoms. The SMILES string of the molecule is CC(=O)CCOCCOCCOCCOCCN(CCOCCOCCOCCOCCC(=O)I)C(=O)CCNC(=S)Nc1ccc(CC2CN(CC(=O)O)CCN(CC(=O)O)CCN2CC(=O)O)cc1. The quantitative estimate of drug-likeness (QED) is 0.0261. The molecule has 1 amide bonds. The lowest BCUT2D eigenvalue weighted by molar-refractivity contribution is -0.140. The van der Waals surface area contributed by atoms with Crippen molar-refractivity contribution in [3.05, 3.63) is 29.8 Å². The highest BCUT2D eigenvalue weighted by molar-refractivity contribution is 14.1. The highest BCUT2D eigenvalue weighted by atomic mass is 127. The third-order valence-electron chi connectivity index (χ3n) is 10.4. The van der Waals surface area contributed by atoms with Crippen LogP contribution in [0.25, 0.3) is 0 Å². The van der Waals surface area contributed by atoms with E-state index in [4.69, 9.17) is 50.1 Å². The van der Waals surface area contributed by atoms with E-state index in [1.807, 2.05) is 24.3 Å². The maximum atomic E-state index is 13.4. The maximum Gasteiger partial charge on any atom is 0.317 e. The molecule has 404 valence electrons. The number of amides is 1. The molecule has 0 spiro atoms.